The van der Waals surface area contributed by atoms with Gasteiger partial charge >= 0.3 is 5.97 Å². The molecule has 0 aliphatic heterocycles. The lowest BCUT2D eigenvalue weighted by atomic mass is 10.0. The summed E-state index contributed by atoms with van der Waals surface area (Å²) >= 11 is 0. The third-order valence-corrected chi connectivity index (χ3v) is 11.6. The number of carbonyl (C=O) groups is 9. The standard InChI is InChI=1S/C45H89N19O12/c1-26(57-37(69)28(13-3-7-19-47)59-36(68)27(50)12-2-6-18-46)35(67)58-29(14-4-8-20-48)38(70)60-30(15-5-9-21-49)40(72)63-33(24-65)42(74)62-31(16-10-22-55-44(51)52)39(71)61-32(17-11-23-56-45(53)54)41(73)64-34(25-66)43(75)76/h26-34,65-66H,2-25,46-50H2,1H3,(H,57,69)(H,58,67)(H,59,68)(H,60,70)(H,61,71)(H,62,74)(H,63,72)(H,64,73)(H,75,76)(H4,51,52,55)(H4,53,54,56)/t26-,27-,28-,29-,30-,31-,32-,33-,34-/m0/s1. The number of aliphatic carboxylic acids is 1. The second-order valence-corrected chi connectivity index (χ2v) is 18.0. The van der Waals surface area contributed by atoms with Gasteiger partial charge in [-0.15, -0.1) is 0 Å². The Bertz CT molecular complexity index is 1860. The topological polar surface area (TPSA) is 569 Å². The van der Waals surface area contributed by atoms with Gasteiger partial charge in [-0.25, -0.2) is 4.79 Å². The maximum absolute atomic E-state index is 14.0. The van der Waals surface area contributed by atoms with E-state index in [1.165, 1.54) is 6.92 Å². The zero-order valence-corrected chi connectivity index (χ0v) is 43.8. The molecule has 0 aliphatic rings. The normalized spacial score (nSPS) is 14.5. The summed E-state index contributed by atoms with van der Waals surface area (Å²) in [6, 6.07) is -12.3. The molecule has 31 nitrogen and oxygen atoms in total. The molecule has 0 aromatic heterocycles. The lowest BCUT2D eigenvalue weighted by Crippen LogP contribution is -2.60. The fraction of sp³-hybridized carbons (Fsp3) is 0.756. The largest absolute Gasteiger partial charge is 0.480 e. The number of hydrogen-bond acceptors (Lipinski definition) is 18. The van der Waals surface area contributed by atoms with Crippen molar-refractivity contribution in [2.24, 2.45) is 61.6 Å². The van der Waals surface area contributed by atoms with Crippen molar-refractivity contribution in [3.63, 3.8) is 0 Å². The Morgan fingerprint density at radius 2 is 0.658 bits per heavy atom. The van der Waals surface area contributed by atoms with E-state index in [1.807, 2.05) is 0 Å². The number of amides is 8. The molecule has 0 heterocycles. The second-order valence-electron chi connectivity index (χ2n) is 18.0. The average Bonchev–Trinajstić information content (AvgIpc) is 3.37. The number of guanidine groups is 2. The molecule has 9 atom stereocenters. The zero-order chi connectivity index (χ0) is 57.6. The Kier molecular flexibility index (Phi) is 37.3. The van der Waals surface area contributed by atoms with E-state index in [2.05, 4.69) is 52.5 Å². The summed E-state index contributed by atoms with van der Waals surface area (Å²) in [5.74, 6) is -8.93. The zero-order valence-electron chi connectivity index (χ0n) is 43.8. The Balaban J connectivity index is 6.54. The Labute approximate surface area is 443 Å². The van der Waals surface area contributed by atoms with Crippen LogP contribution in [-0.2, 0) is 43.2 Å². The smallest absolute Gasteiger partial charge is 0.328 e. The molecule has 8 amide bonds. The van der Waals surface area contributed by atoms with Crippen molar-refractivity contribution in [3.05, 3.63) is 0 Å². The summed E-state index contributed by atoms with van der Waals surface area (Å²) in [4.78, 5) is 128. The molecule has 0 aromatic carbocycles. The van der Waals surface area contributed by atoms with Gasteiger partial charge < -0.3 is 109 Å². The van der Waals surface area contributed by atoms with Crippen molar-refractivity contribution in [3.8, 4) is 0 Å². The van der Waals surface area contributed by atoms with E-state index in [0.717, 1.165) is 0 Å². The number of carboxylic acid groups (broad SMARTS) is 1. The van der Waals surface area contributed by atoms with Crippen LogP contribution in [0.25, 0.3) is 0 Å². The highest BCUT2D eigenvalue weighted by atomic mass is 16.4. The van der Waals surface area contributed by atoms with E-state index in [0.29, 0.717) is 70.9 Å². The highest BCUT2D eigenvalue weighted by Crippen LogP contribution is 2.10. The highest BCUT2D eigenvalue weighted by molar-refractivity contribution is 5.98. The molecular formula is C45H89N19O12. The third-order valence-electron chi connectivity index (χ3n) is 11.6. The molecule has 31 heteroatoms. The summed E-state index contributed by atoms with van der Waals surface area (Å²) in [6.45, 7) is 0.611. The number of unbranched alkanes of at least 4 members (excludes halogenated alkanes) is 4. The van der Waals surface area contributed by atoms with Crippen LogP contribution < -0.4 is 94.1 Å². The van der Waals surface area contributed by atoms with Gasteiger partial charge in [-0.3, -0.25) is 48.3 Å². The Morgan fingerprint density at radius 1 is 0.382 bits per heavy atom. The summed E-state index contributed by atoms with van der Waals surface area (Å²) in [5, 5.41) is 49.2. The van der Waals surface area contributed by atoms with Crippen molar-refractivity contribution in [1.82, 2.24) is 42.5 Å². The predicted molar refractivity (Wildman–Crippen MR) is 282 cm³/mol. The number of nitrogens with two attached hydrogens (primary N) is 9. The van der Waals surface area contributed by atoms with Gasteiger partial charge in [0.05, 0.1) is 19.3 Å². The minimum atomic E-state index is -1.74. The van der Waals surface area contributed by atoms with E-state index < -0.39 is 121 Å². The third kappa shape index (κ3) is 30.1. The molecule has 0 bridgehead atoms. The first-order chi connectivity index (χ1) is 36.1. The van der Waals surface area contributed by atoms with Crippen molar-refractivity contribution >= 4 is 65.1 Å². The molecule has 0 aliphatic carbocycles. The van der Waals surface area contributed by atoms with Gasteiger partial charge in [0, 0.05) is 13.1 Å². The van der Waals surface area contributed by atoms with Crippen LogP contribution in [0.3, 0.4) is 0 Å². The molecule has 29 N–H and O–H groups in total. The van der Waals surface area contributed by atoms with Crippen LogP contribution in [0.1, 0.15) is 110 Å². The van der Waals surface area contributed by atoms with Crippen molar-refractivity contribution in [2.45, 2.75) is 164 Å². The van der Waals surface area contributed by atoms with E-state index in [4.69, 9.17) is 51.6 Å². The number of carboxylic acids is 1. The van der Waals surface area contributed by atoms with E-state index >= 15 is 0 Å². The molecule has 0 saturated heterocycles. The number of nitrogens with zero attached hydrogens (tertiary/aromatic N) is 2. The van der Waals surface area contributed by atoms with E-state index in [1.54, 1.807) is 0 Å². The van der Waals surface area contributed by atoms with E-state index in [9.17, 15) is 58.5 Å². The van der Waals surface area contributed by atoms with Gasteiger partial charge in [0.25, 0.3) is 0 Å². The maximum Gasteiger partial charge on any atom is 0.328 e. The van der Waals surface area contributed by atoms with Crippen LogP contribution in [0.5, 0.6) is 0 Å². The molecule has 0 radical (unpaired) electrons. The average molecular weight is 1090 g/mol. The van der Waals surface area contributed by atoms with Gasteiger partial charge in [-0.05, 0) is 129 Å². The van der Waals surface area contributed by atoms with Crippen molar-refractivity contribution in [2.75, 3.05) is 52.5 Å². The van der Waals surface area contributed by atoms with Crippen LogP contribution in [0.2, 0.25) is 0 Å². The fourth-order valence-corrected chi connectivity index (χ4v) is 7.17. The molecule has 0 saturated carbocycles. The number of aliphatic imine (C=N–C) groups is 2. The second kappa shape index (κ2) is 40.8. The van der Waals surface area contributed by atoms with E-state index in [-0.39, 0.29) is 83.0 Å². The van der Waals surface area contributed by atoms with Crippen LogP contribution in [0.4, 0.5) is 0 Å². The van der Waals surface area contributed by atoms with Gasteiger partial charge in [0.2, 0.25) is 47.3 Å². The number of hydrogen-bond donors (Lipinski definition) is 20. The molecule has 0 rings (SSSR count). The number of aliphatic hydroxyl groups excluding tert-OH is 2. The quantitative estimate of drug-likeness (QED) is 0.0153. The minimum absolute atomic E-state index is 0.00453. The van der Waals surface area contributed by atoms with Gasteiger partial charge in [0.1, 0.15) is 48.3 Å². The molecule has 0 fully saturated rings. The first-order valence-corrected chi connectivity index (χ1v) is 25.6. The predicted octanol–water partition coefficient (Wildman–Crippen LogP) is -8.10. The Morgan fingerprint density at radius 3 is 0.987 bits per heavy atom. The lowest BCUT2D eigenvalue weighted by molar-refractivity contribution is -0.143. The summed E-state index contributed by atoms with van der Waals surface area (Å²) in [7, 11) is 0. The SMILES string of the molecule is C[C@H](NC(=O)[C@H](CCCCN)NC(=O)[C@@H](N)CCCCN)C(=O)N[C@@H](CCCCN)C(=O)N[C@@H](CCCCN)C(=O)N[C@@H](CO)C(=O)N[C@@H](CCCN=C(N)N)C(=O)N[C@@H](CCCN=C(N)N)C(=O)N[C@@H](CO)C(=O)O. The number of rotatable bonds is 43. The van der Waals surface area contributed by atoms with Crippen molar-refractivity contribution in [1.29, 1.82) is 0 Å². The van der Waals surface area contributed by atoms with Crippen molar-refractivity contribution < 1.29 is 58.5 Å². The summed E-state index contributed by atoms with van der Waals surface area (Å²) in [6.07, 6.45) is 4.20. The van der Waals surface area contributed by atoms with Crippen LogP contribution >= 0.6 is 0 Å². The first kappa shape index (κ1) is 69.5. The van der Waals surface area contributed by atoms with Gasteiger partial charge in [0.15, 0.2) is 11.9 Å². The summed E-state index contributed by atoms with van der Waals surface area (Å²) < 4.78 is 0. The monoisotopic (exact) mass is 1090 g/mol. The molecule has 0 aromatic rings. The van der Waals surface area contributed by atoms with Crippen LogP contribution in [0, 0.1) is 0 Å². The fourth-order valence-electron chi connectivity index (χ4n) is 7.17. The Hall–Kier alpha value is -6.51. The number of aliphatic hydroxyl groups is 2. The maximum atomic E-state index is 14.0. The van der Waals surface area contributed by atoms with Crippen LogP contribution in [0.15, 0.2) is 9.98 Å². The molecular weight excluding hydrogens is 999 g/mol. The number of nitrogens with one attached hydrogen (secondary N) is 8. The van der Waals surface area contributed by atoms with Gasteiger partial charge in [-0.2, -0.15) is 0 Å². The molecule has 76 heavy (non-hydrogen) atoms. The molecule has 0 spiro atoms. The molecule has 0 unspecified atom stereocenters. The first-order valence-electron chi connectivity index (χ1n) is 25.6. The van der Waals surface area contributed by atoms with Crippen LogP contribution in [-0.4, -0.2) is 187 Å². The lowest BCUT2D eigenvalue weighted by Gasteiger charge is -2.27. The summed E-state index contributed by atoms with van der Waals surface area (Å²) in [5.41, 5.74) is 50.3. The minimum Gasteiger partial charge on any atom is -0.480 e. The highest BCUT2D eigenvalue weighted by Gasteiger charge is 2.34. The molecule has 436 valence electrons. The number of carbonyl (C=O) groups excluding carboxylic acids is 8. The van der Waals surface area contributed by atoms with Gasteiger partial charge in [-0.1, -0.05) is 6.42 Å².